The van der Waals surface area contributed by atoms with Gasteiger partial charge in [0.15, 0.2) is 0 Å². The lowest BCUT2D eigenvalue weighted by Crippen LogP contribution is -2.55. The number of hydrogen-bond acceptors (Lipinski definition) is 4. The molecule has 0 radical (unpaired) electrons. The molecule has 1 saturated heterocycles. The average Bonchev–Trinajstić information content (AvgIpc) is 2.36. The molecule has 1 N–H and O–H groups in total. The number of rotatable bonds is 2. The first-order valence-electron chi connectivity index (χ1n) is 6.79. The number of nitrogens with zero attached hydrogens (tertiary/aromatic N) is 1. The third-order valence-electron chi connectivity index (χ3n) is 3.45. The Kier molecular flexibility index (Phi) is 5.14. The molecule has 0 aromatic heterocycles. The van der Waals surface area contributed by atoms with Crippen molar-refractivity contribution in [1.29, 1.82) is 0 Å². The molecular weight excluding hydrogens is 260 g/mol. The molecule has 6 nitrogen and oxygen atoms in total. The Labute approximate surface area is 119 Å². The zero-order valence-electron chi connectivity index (χ0n) is 12.9. The second-order valence-electron chi connectivity index (χ2n) is 6.30. The van der Waals surface area contributed by atoms with Crippen LogP contribution in [0.3, 0.4) is 0 Å². The van der Waals surface area contributed by atoms with E-state index in [2.05, 4.69) is 5.32 Å². The van der Waals surface area contributed by atoms with Gasteiger partial charge in [-0.3, -0.25) is 14.4 Å². The van der Waals surface area contributed by atoms with E-state index in [-0.39, 0.29) is 29.7 Å². The van der Waals surface area contributed by atoms with E-state index in [1.807, 2.05) is 20.8 Å². The van der Waals surface area contributed by atoms with Gasteiger partial charge in [0.05, 0.1) is 13.0 Å². The maximum Gasteiger partial charge on any atom is 0.310 e. The molecule has 1 heterocycles. The molecule has 0 spiro atoms. The lowest BCUT2D eigenvalue weighted by atomic mass is 9.91. The van der Waals surface area contributed by atoms with E-state index in [0.29, 0.717) is 19.5 Å². The van der Waals surface area contributed by atoms with Gasteiger partial charge in [0.2, 0.25) is 11.8 Å². The van der Waals surface area contributed by atoms with Gasteiger partial charge in [-0.2, -0.15) is 0 Å². The molecule has 1 aliphatic rings. The summed E-state index contributed by atoms with van der Waals surface area (Å²) < 4.78 is 4.75. The fourth-order valence-electron chi connectivity index (χ4n) is 2.20. The molecule has 0 aliphatic carbocycles. The first-order chi connectivity index (χ1) is 9.15. The van der Waals surface area contributed by atoms with E-state index < -0.39 is 5.41 Å². The van der Waals surface area contributed by atoms with E-state index in [1.165, 1.54) is 14.0 Å². The van der Waals surface area contributed by atoms with Gasteiger partial charge >= 0.3 is 5.97 Å². The fourth-order valence-corrected chi connectivity index (χ4v) is 2.20. The lowest BCUT2D eigenvalue weighted by molar-refractivity contribution is -0.150. The number of methoxy groups -OCH3 is 1. The summed E-state index contributed by atoms with van der Waals surface area (Å²) in [6.45, 7) is 7.72. The van der Waals surface area contributed by atoms with Crippen LogP contribution in [-0.2, 0) is 19.1 Å². The normalized spacial score (nSPS) is 23.1. The van der Waals surface area contributed by atoms with E-state index in [1.54, 1.807) is 4.90 Å². The maximum absolute atomic E-state index is 12.0. The third kappa shape index (κ3) is 4.21. The third-order valence-corrected chi connectivity index (χ3v) is 3.45. The standard InChI is InChI=1S/C14H24N2O4/c1-9(17)16-7-10(12(18)20-5)6-11(8-16)15-13(19)14(2,3)4/h10-11H,6-8H2,1-5H3,(H,15,19). The topological polar surface area (TPSA) is 75.7 Å². The minimum Gasteiger partial charge on any atom is -0.469 e. The number of ether oxygens (including phenoxy) is 1. The predicted octanol–water partition coefficient (Wildman–Crippen LogP) is 0.559. The Balaban J connectivity index is 2.77. The van der Waals surface area contributed by atoms with Crippen molar-refractivity contribution >= 4 is 17.8 Å². The first kappa shape index (κ1) is 16.5. The molecule has 1 fully saturated rings. The van der Waals surface area contributed by atoms with E-state index in [4.69, 9.17) is 4.74 Å². The largest absolute Gasteiger partial charge is 0.469 e. The zero-order valence-corrected chi connectivity index (χ0v) is 12.9. The predicted molar refractivity (Wildman–Crippen MR) is 73.8 cm³/mol. The van der Waals surface area contributed by atoms with Crippen molar-refractivity contribution < 1.29 is 19.1 Å². The first-order valence-corrected chi connectivity index (χ1v) is 6.79. The fraction of sp³-hybridized carbons (Fsp3) is 0.786. The molecule has 1 rings (SSSR count). The minimum absolute atomic E-state index is 0.0866. The Morgan fingerprint density at radius 3 is 2.25 bits per heavy atom. The highest BCUT2D eigenvalue weighted by Gasteiger charge is 2.35. The highest BCUT2D eigenvalue weighted by atomic mass is 16.5. The summed E-state index contributed by atoms with van der Waals surface area (Å²) in [7, 11) is 1.33. The Hall–Kier alpha value is -1.59. The molecule has 6 heteroatoms. The number of amides is 2. The Bertz CT molecular complexity index is 400. The van der Waals surface area contributed by atoms with Crippen LogP contribution in [0.25, 0.3) is 0 Å². The maximum atomic E-state index is 12.0. The summed E-state index contributed by atoms with van der Waals surface area (Å²) in [6, 6.07) is -0.219. The smallest absolute Gasteiger partial charge is 0.310 e. The highest BCUT2D eigenvalue weighted by molar-refractivity contribution is 5.82. The quantitative estimate of drug-likeness (QED) is 0.752. The molecule has 2 amide bonds. The second-order valence-corrected chi connectivity index (χ2v) is 6.30. The number of likely N-dealkylation sites (tertiary alicyclic amines) is 1. The molecule has 0 saturated carbocycles. The summed E-state index contributed by atoms with van der Waals surface area (Å²) in [6.07, 6.45) is 0.498. The SMILES string of the molecule is COC(=O)C1CC(NC(=O)C(C)(C)C)CN(C(C)=O)C1. The van der Waals surface area contributed by atoms with E-state index >= 15 is 0 Å². The van der Waals surface area contributed by atoms with Gasteiger partial charge in [-0.25, -0.2) is 0 Å². The van der Waals surface area contributed by atoms with Gasteiger partial charge in [0.1, 0.15) is 0 Å². The van der Waals surface area contributed by atoms with Crippen molar-refractivity contribution in [2.75, 3.05) is 20.2 Å². The van der Waals surface area contributed by atoms with Crippen LogP contribution in [-0.4, -0.2) is 48.9 Å². The average molecular weight is 284 g/mol. The number of carbonyl (C=O) groups is 3. The van der Waals surface area contributed by atoms with Crippen molar-refractivity contribution in [3.63, 3.8) is 0 Å². The molecule has 20 heavy (non-hydrogen) atoms. The molecule has 0 bridgehead atoms. The summed E-state index contributed by atoms with van der Waals surface area (Å²) >= 11 is 0. The van der Waals surface area contributed by atoms with Gasteiger partial charge < -0.3 is 15.0 Å². The van der Waals surface area contributed by atoms with Crippen molar-refractivity contribution in [2.45, 2.75) is 40.2 Å². The second kappa shape index (κ2) is 6.24. The van der Waals surface area contributed by atoms with Gasteiger partial charge in [-0.15, -0.1) is 0 Å². The Morgan fingerprint density at radius 2 is 1.80 bits per heavy atom. The molecular formula is C14H24N2O4. The monoisotopic (exact) mass is 284 g/mol. The molecule has 0 aromatic carbocycles. The minimum atomic E-state index is -0.501. The number of nitrogens with one attached hydrogen (secondary N) is 1. The number of piperidine rings is 1. The molecule has 2 atom stereocenters. The van der Waals surface area contributed by atoms with Crippen molar-refractivity contribution in [2.24, 2.45) is 11.3 Å². The molecule has 114 valence electrons. The highest BCUT2D eigenvalue weighted by Crippen LogP contribution is 2.20. The van der Waals surface area contributed by atoms with Crippen LogP contribution in [0, 0.1) is 11.3 Å². The summed E-state index contributed by atoms with van der Waals surface area (Å²) in [5, 5.41) is 2.91. The van der Waals surface area contributed by atoms with Crippen molar-refractivity contribution in [1.82, 2.24) is 10.2 Å². The van der Waals surface area contributed by atoms with Gasteiger partial charge in [-0.1, -0.05) is 20.8 Å². The number of esters is 1. The summed E-state index contributed by atoms with van der Waals surface area (Å²) in [5.41, 5.74) is -0.501. The lowest BCUT2D eigenvalue weighted by Gasteiger charge is -2.37. The van der Waals surface area contributed by atoms with Gasteiger partial charge in [-0.05, 0) is 6.42 Å². The van der Waals surface area contributed by atoms with Crippen LogP contribution in [0.15, 0.2) is 0 Å². The van der Waals surface area contributed by atoms with Crippen LogP contribution in [0.4, 0.5) is 0 Å². The van der Waals surface area contributed by atoms with Crippen molar-refractivity contribution in [3.8, 4) is 0 Å². The van der Waals surface area contributed by atoms with Crippen LogP contribution < -0.4 is 5.32 Å². The zero-order chi connectivity index (χ0) is 15.5. The summed E-state index contributed by atoms with van der Waals surface area (Å²) in [5.74, 6) is -0.918. The molecule has 1 aliphatic heterocycles. The number of hydrogen-bond donors (Lipinski definition) is 1. The van der Waals surface area contributed by atoms with Gasteiger partial charge in [0, 0.05) is 31.5 Å². The van der Waals surface area contributed by atoms with Crippen LogP contribution in [0.1, 0.15) is 34.1 Å². The van der Waals surface area contributed by atoms with Crippen molar-refractivity contribution in [3.05, 3.63) is 0 Å². The number of carbonyl (C=O) groups excluding carboxylic acids is 3. The van der Waals surface area contributed by atoms with Crippen LogP contribution >= 0.6 is 0 Å². The Morgan fingerprint density at radius 1 is 1.20 bits per heavy atom. The molecule has 2 unspecified atom stereocenters. The molecule has 0 aromatic rings. The summed E-state index contributed by atoms with van der Waals surface area (Å²) in [4.78, 5) is 36.8. The van der Waals surface area contributed by atoms with E-state index in [9.17, 15) is 14.4 Å². The van der Waals surface area contributed by atoms with Crippen LogP contribution in [0.5, 0.6) is 0 Å². The van der Waals surface area contributed by atoms with Crippen LogP contribution in [0.2, 0.25) is 0 Å². The van der Waals surface area contributed by atoms with Gasteiger partial charge in [0.25, 0.3) is 0 Å². The van der Waals surface area contributed by atoms with E-state index in [0.717, 1.165) is 0 Å².